The van der Waals surface area contributed by atoms with Gasteiger partial charge in [-0.25, -0.2) is 17.7 Å². The zero-order valence-corrected chi connectivity index (χ0v) is 14.3. The van der Waals surface area contributed by atoms with Crippen LogP contribution < -0.4 is 0 Å². The fourth-order valence-corrected chi connectivity index (χ4v) is 5.97. The monoisotopic (exact) mass is 363 g/mol. The van der Waals surface area contributed by atoms with E-state index in [4.69, 9.17) is 4.74 Å². The maximum absolute atomic E-state index is 12.5. The third-order valence-electron chi connectivity index (χ3n) is 4.13. The van der Waals surface area contributed by atoms with E-state index < -0.39 is 27.2 Å². The fraction of sp³-hybridized carbons (Fsp3) is 0.267. The van der Waals surface area contributed by atoms with Gasteiger partial charge in [-0.2, -0.15) is 0 Å². The highest BCUT2D eigenvalue weighted by Gasteiger charge is 2.39. The number of sulfone groups is 1. The molecule has 4 heterocycles. The molecule has 0 N–H and O–H groups in total. The molecule has 4 rings (SSSR count). The van der Waals surface area contributed by atoms with Crippen LogP contribution in [0.2, 0.25) is 0 Å². The number of aromatic nitrogens is 3. The van der Waals surface area contributed by atoms with Crippen molar-refractivity contribution in [2.45, 2.75) is 28.9 Å². The van der Waals surface area contributed by atoms with Gasteiger partial charge in [0.05, 0.1) is 22.5 Å². The Morgan fingerprint density at radius 2 is 2.25 bits per heavy atom. The first-order chi connectivity index (χ1) is 11.5. The van der Waals surface area contributed by atoms with Crippen LogP contribution in [-0.4, -0.2) is 34.5 Å². The van der Waals surface area contributed by atoms with Gasteiger partial charge in [0.2, 0.25) is 0 Å². The van der Waals surface area contributed by atoms with Crippen molar-refractivity contribution >= 4 is 32.7 Å². The molecule has 0 saturated heterocycles. The number of carbonyl (C=O) groups excluding carboxylic acids is 1. The molecule has 1 aliphatic rings. The standard InChI is InChI=1S/C15H13N3O4S2/c1-9-6-13(12-3-5-23-15(12)24(9,20)21)22-14(19)10-2-4-18-11(7-10)8-16-17-18/h2-5,7-9,13H,6H2,1H3/t9-,13+/m0/s1. The largest absolute Gasteiger partial charge is 0.454 e. The number of nitrogens with zero attached hydrogens (tertiary/aromatic N) is 3. The van der Waals surface area contributed by atoms with Gasteiger partial charge in [-0.15, -0.1) is 16.4 Å². The molecule has 124 valence electrons. The van der Waals surface area contributed by atoms with E-state index in [9.17, 15) is 13.2 Å². The van der Waals surface area contributed by atoms with Crippen molar-refractivity contribution in [3.63, 3.8) is 0 Å². The van der Waals surface area contributed by atoms with E-state index in [2.05, 4.69) is 10.3 Å². The van der Waals surface area contributed by atoms with E-state index in [1.54, 1.807) is 47.4 Å². The molecule has 0 unspecified atom stereocenters. The zero-order chi connectivity index (χ0) is 16.9. The van der Waals surface area contributed by atoms with Gasteiger partial charge in [0.25, 0.3) is 0 Å². The van der Waals surface area contributed by atoms with Crippen LogP contribution in [0, 0.1) is 0 Å². The van der Waals surface area contributed by atoms with Crippen molar-refractivity contribution in [2.24, 2.45) is 0 Å². The zero-order valence-electron chi connectivity index (χ0n) is 12.6. The minimum absolute atomic E-state index is 0.258. The molecule has 0 amide bonds. The molecule has 0 aliphatic carbocycles. The Morgan fingerprint density at radius 1 is 1.42 bits per heavy atom. The SMILES string of the molecule is C[C@H]1C[C@@H](OC(=O)c2ccn3nncc3c2)c2ccsc2S1(=O)=O. The van der Waals surface area contributed by atoms with Crippen LogP contribution in [0.1, 0.15) is 35.4 Å². The van der Waals surface area contributed by atoms with Crippen molar-refractivity contribution in [1.82, 2.24) is 14.8 Å². The quantitative estimate of drug-likeness (QED) is 0.649. The van der Waals surface area contributed by atoms with Gasteiger partial charge >= 0.3 is 5.97 Å². The minimum Gasteiger partial charge on any atom is -0.454 e. The Hall–Kier alpha value is -2.26. The first-order valence-electron chi connectivity index (χ1n) is 7.29. The predicted molar refractivity (Wildman–Crippen MR) is 86.7 cm³/mol. The van der Waals surface area contributed by atoms with E-state index in [1.165, 1.54) is 11.3 Å². The van der Waals surface area contributed by atoms with E-state index in [0.29, 0.717) is 20.9 Å². The number of pyridine rings is 1. The van der Waals surface area contributed by atoms with Gasteiger partial charge in [0, 0.05) is 18.2 Å². The van der Waals surface area contributed by atoms with E-state index >= 15 is 0 Å². The summed E-state index contributed by atoms with van der Waals surface area (Å²) in [5.74, 6) is -0.493. The summed E-state index contributed by atoms with van der Waals surface area (Å²) >= 11 is 1.17. The molecule has 3 aromatic heterocycles. The molecule has 2 atom stereocenters. The number of hydrogen-bond donors (Lipinski definition) is 0. The number of hydrogen-bond acceptors (Lipinski definition) is 7. The molecular weight excluding hydrogens is 350 g/mol. The van der Waals surface area contributed by atoms with Crippen LogP contribution in [0.3, 0.4) is 0 Å². The lowest BCUT2D eigenvalue weighted by Gasteiger charge is -2.27. The molecule has 24 heavy (non-hydrogen) atoms. The summed E-state index contributed by atoms with van der Waals surface area (Å²) < 4.78 is 32.1. The summed E-state index contributed by atoms with van der Waals surface area (Å²) in [4.78, 5) is 12.5. The lowest BCUT2D eigenvalue weighted by molar-refractivity contribution is 0.0265. The summed E-state index contributed by atoms with van der Waals surface area (Å²) in [5.41, 5.74) is 1.63. The number of ether oxygens (including phenoxy) is 1. The van der Waals surface area contributed by atoms with E-state index in [-0.39, 0.29) is 6.42 Å². The normalized spacial score (nSPS) is 22.2. The second kappa shape index (κ2) is 5.38. The average Bonchev–Trinajstić information content (AvgIpc) is 3.21. The third kappa shape index (κ3) is 2.31. The average molecular weight is 363 g/mol. The second-order valence-corrected chi connectivity index (χ2v) is 9.15. The smallest absolute Gasteiger partial charge is 0.338 e. The lowest BCUT2D eigenvalue weighted by Crippen LogP contribution is -2.28. The van der Waals surface area contributed by atoms with Crippen LogP contribution in [-0.2, 0) is 14.6 Å². The first kappa shape index (κ1) is 15.3. The Labute approximate surface area is 141 Å². The van der Waals surface area contributed by atoms with Crippen molar-refractivity contribution < 1.29 is 17.9 Å². The highest BCUT2D eigenvalue weighted by molar-refractivity contribution is 7.94. The van der Waals surface area contributed by atoms with Crippen LogP contribution in [0.15, 0.2) is 40.2 Å². The predicted octanol–water partition coefficient (Wildman–Crippen LogP) is 2.25. The maximum Gasteiger partial charge on any atom is 0.338 e. The highest BCUT2D eigenvalue weighted by atomic mass is 32.2. The Balaban J connectivity index is 1.64. The van der Waals surface area contributed by atoms with Crippen molar-refractivity contribution in [1.29, 1.82) is 0 Å². The Kier molecular flexibility index (Phi) is 3.43. The molecule has 9 heteroatoms. The summed E-state index contributed by atoms with van der Waals surface area (Å²) in [7, 11) is -3.32. The van der Waals surface area contributed by atoms with Gasteiger partial charge < -0.3 is 4.74 Å². The molecule has 7 nitrogen and oxygen atoms in total. The maximum atomic E-state index is 12.5. The van der Waals surface area contributed by atoms with Crippen LogP contribution >= 0.6 is 11.3 Å². The van der Waals surface area contributed by atoms with Gasteiger partial charge in [-0.3, -0.25) is 0 Å². The summed E-state index contributed by atoms with van der Waals surface area (Å²) in [6.45, 7) is 1.64. The van der Waals surface area contributed by atoms with E-state index in [1.807, 2.05) is 0 Å². The number of carbonyl (C=O) groups is 1. The number of esters is 1. The molecule has 0 aromatic carbocycles. The Bertz CT molecular complexity index is 1040. The van der Waals surface area contributed by atoms with Crippen LogP contribution in [0.4, 0.5) is 0 Å². The molecular formula is C15H13N3O4S2. The molecule has 0 bridgehead atoms. The van der Waals surface area contributed by atoms with Gasteiger partial charge in [0.15, 0.2) is 9.84 Å². The number of fused-ring (bicyclic) bond motifs is 2. The van der Waals surface area contributed by atoms with Crippen molar-refractivity contribution in [3.8, 4) is 0 Å². The molecule has 0 spiro atoms. The highest BCUT2D eigenvalue weighted by Crippen LogP contribution is 2.41. The van der Waals surface area contributed by atoms with Crippen molar-refractivity contribution in [2.75, 3.05) is 0 Å². The number of rotatable bonds is 2. The minimum atomic E-state index is -3.32. The fourth-order valence-electron chi connectivity index (χ4n) is 2.78. The van der Waals surface area contributed by atoms with Crippen molar-refractivity contribution in [3.05, 3.63) is 47.1 Å². The topological polar surface area (TPSA) is 90.6 Å². The van der Waals surface area contributed by atoms with E-state index in [0.717, 1.165) is 0 Å². The molecule has 0 radical (unpaired) electrons. The number of thiophene rings is 1. The first-order valence-corrected chi connectivity index (χ1v) is 9.72. The summed E-state index contributed by atoms with van der Waals surface area (Å²) in [6, 6.07) is 4.95. The summed E-state index contributed by atoms with van der Waals surface area (Å²) in [5, 5.41) is 8.73. The molecule has 3 aromatic rings. The van der Waals surface area contributed by atoms with Gasteiger partial charge in [0.1, 0.15) is 10.3 Å². The third-order valence-corrected chi connectivity index (χ3v) is 7.84. The lowest BCUT2D eigenvalue weighted by atomic mass is 10.1. The van der Waals surface area contributed by atoms with Crippen LogP contribution in [0.25, 0.3) is 5.52 Å². The van der Waals surface area contributed by atoms with Crippen LogP contribution in [0.5, 0.6) is 0 Å². The van der Waals surface area contributed by atoms with Gasteiger partial charge in [-0.05, 0) is 30.5 Å². The second-order valence-electron chi connectivity index (χ2n) is 5.67. The summed E-state index contributed by atoms with van der Waals surface area (Å²) in [6.07, 6.45) is 2.87. The molecule has 0 fully saturated rings. The van der Waals surface area contributed by atoms with Gasteiger partial charge in [-0.1, -0.05) is 5.21 Å². The molecule has 0 saturated carbocycles. The Morgan fingerprint density at radius 3 is 3.08 bits per heavy atom. The molecule has 1 aliphatic heterocycles.